The van der Waals surface area contributed by atoms with Crippen LogP contribution in [0.1, 0.15) is 18.7 Å². The molecule has 0 spiro atoms. The number of methoxy groups -OCH3 is 1. The van der Waals surface area contributed by atoms with Crippen LogP contribution in [-0.4, -0.2) is 46.0 Å². The maximum Gasteiger partial charge on any atom is 0.165 e. The number of nitrogens with zero attached hydrogens (tertiary/aromatic N) is 4. The largest absolute Gasteiger partial charge is 0.381 e. The van der Waals surface area contributed by atoms with Gasteiger partial charge in [0.25, 0.3) is 0 Å². The van der Waals surface area contributed by atoms with Crippen LogP contribution in [0.2, 0.25) is 10.0 Å². The fourth-order valence-electron chi connectivity index (χ4n) is 3.47. The predicted octanol–water partition coefficient (Wildman–Crippen LogP) is 4.85. The molecule has 0 unspecified atom stereocenters. The third-order valence-electron chi connectivity index (χ3n) is 5.06. The molecule has 0 amide bonds. The van der Waals surface area contributed by atoms with Gasteiger partial charge in [0.05, 0.1) is 18.3 Å². The second kappa shape index (κ2) is 8.62. The van der Waals surface area contributed by atoms with Crippen LogP contribution in [0.3, 0.4) is 0 Å². The van der Waals surface area contributed by atoms with Gasteiger partial charge in [-0.2, -0.15) is 0 Å². The fourth-order valence-corrected chi connectivity index (χ4v) is 3.72. The van der Waals surface area contributed by atoms with E-state index in [0.29, 0.717) is 16.1 Å². The van der Waals surface area contributed by atoms with E-state index >= 15 is 0 Å². The molecular formula is C21H22Cl2N4O. The van der Waals surface area contributed by atoms with E-state index in [1.54, 1.807) is 7.11 Å². The van der Waals surface area contributed by atoms with Crippen molar-refractivity contribution in [1.82, 2.24) is 19.7 Å². The van der Waals surface area contributed by atoms with Crippen molar-refractivity contribution in [3.63, 3.8) is 0 Å². The second-order valence-corrected chi connectivity index (χ2v) is 7.83. The van der Waals surface area contributed by atoms with E-state index in [1.165, 1.54) is 0 Å². The van der Waals surface area contributed by atoms with Crippen molar-refractivity contribution in [1.29, 1.82) is 0 Å². The van der Waals surface area contributed by atoms with Crippen LogP contribution in [0.4, 0.5) is 0 Å². The Bertz CT molecular complexity index is 854. The van der Waals surface area contributed by atoms with Crippen LogP contribution in [0.15, 0.2) is 48.5 Å². The average molecular weight is 417 g/mol. The molecule has 0 bridgehead atoms. The van der Waals surface area contributed by atoms with Gasteiger partial charge in [0, 0.05) is 35.8 Å². The van der Waals surface area contributed by atoms with E-state index in [-0.39, 0.29) is 0 Å². The number of ether oxygens (including phenoxy) is 1. The first-order valence-corrected chi connectivity index (χ1v) is 10.1. The van der Waals surface area contributed by atoms with Gasteiger partial charge in [-0.05, 0) is 61.4 Å². The molecule has 2 heterocycles. The number of piperidine rings is 1. The first-order chi connectivity index (χ1) is 13.6. The summed E-state index contributed by atoms with van der Waals surface area (Å²) in [6, 6.07) is 15.3. The Labute approximate surface area is 174 Å². The van der Waals surface area contributed by atoms with Crippen molar-refractivity contribution >= 4 is 23.2 Å². The van der Waals surface area contributed by atoms with E-state index in [9.17, 15) is 0 Å². The molecule has 3 aromatic rings. The molecule has 0 N–H and O–H groups in total. The molecule has 0 aliphatic carbocycles. The maximum atomic E-state index is 6.06. The molecule has 2 aromatic carbocycles. The molecule has 5 nitrogen and oxygen atoms in total. The highest BCUT2D eigenvalue weighted by Crippen LogP contribution is 2.25. The lowest BCUT2D eigenvalue weighted by molar-refractivity contribution is 0.0381. The van der Waals surface area contributed by atoms with Crippen LogP contribution < -0.4 is 0 Å². The zero-order chi connectivity index (χ0) is 19.5. The van der Waals surface area contributed by atoms with Gasteiger partial charge in [-0.1, -0.05) is 23.2 Å². The summed E-state index contributed by atoms with van der Waals surface area (Å²) in [5.41, 5.74) is 1.89. The quantitative estimate of drug-likeness (QED) is 0.595. The number of rotatable bonds is 5. The SMILES string of the molecule is COC1CCN(Cc2nc(-c3ccc(Cl)cc3)n(-c3ccc(Cl)cc3)n2)CC1. The summed E-state index contributed by atoms with van der Waals surface area (Å²) < 4.78 is 7.34. The van der Waals surface area contributed by atoms with Crippen molar-refractivity contribution in [2.75, 3.05) is 20.2 Å². The lowest BCUT2D eigenvalue weighted by Crippen LogP contribution is -2.36. The summed E-state index contributed by atoms with van der Waals surface area (Å²) in [7, 11) is 1.79. The summed E-state index contributed by atoms with van der Waals surface area (Å²) in [5.74, 6) is 1.59. The monoisotopic (exact) mass is 416 g/mol. The minimum Gasteiger partial charge on any atom is -0.381 e. The zero-order valence-corrected chi connectivity index (χ0v) is 17.2. The molecule has 0 atom stereocenters. The van der Waals surface area contributed by atoms with Crippen molar-refractivity contribution < 1.29 is 4.74 Å². The Morgan fingerprint density at radius 1 is 0.964 bits per heavy atom. The van der Waals surface area contributed by atoms with E-state index < -0.39 is 0 Å². The Kier molecular flexibility index (Phi) is 5.97. The second-order valence-electron chi connectivity index (χ2n) is 6.96. The lowest BCUT2D eigenvalue weighted by Gasteiger charge is -2.30. The Morgan fingerprint density at radius 2 is 1.57 bits per heavy atom. The van der Waals surface area contributed by atoms with E-state index in [4.69, 9.17) is 38.0 Å². The van der Waals surface area contributed by atoms with Crippen LogP contribution in [0, 0.1) is 0 Å². The van der Waals surface area contributed by atoms with Crippen LogP contribution in [0.25, 0.3) is 17.1 Å². The molecular weight excluding hydrogens is 395 g/mol. The molecule has 1 aliphatic rings. The van der Waals surface area contributed by atoms with Gasteiger partial charge in [0.15, 0.2) is 11.6 Å². The van der Waals surface area contributed by atoms with Crippen molar-refractivity contribution in [2.24, 2.45) is 0 Å². The van der Waals surface area contributed by atoms with Gasteiger partial charge >= 0.3 is 0 Å². The van der Waals surface area contributed by atoms with Gasteiger partial charge in [0.2, 0.25) is 0 Å². The summed E-state index contributed by atoms with van der Waals surface area (Å²) in [6.07, 6.45) is 2.44. The fraction of sp³-hybridized carbons (Fsp3) is 0.333. The molecule has 0 radical (unpaired) electrons. The smallest absolute Gasteiger partial charge is 0.165 e. The Hall–Kier alpha value is -1.92. The highest BCUT2D eigenvalue weighted by Gasteiger charge is 2.21. The average Bonchev–Trinajstić information content (AvgIpc) is 3.13. The molecule has 4 rings (SSSR count). The van der Waals surface area contributed by atoms with Crippen LogP contribution in [-0.2, 0) is 11.3 Å². The van der Waals surface area contributed by atoms with Crippen LogP contribution >= 0.6 is 23.2 Å². The highest BCUT2D eigenvalue weighted by atomic mass is 35.5. The first-order valence-electron chi connectivity index (χ1n) is 9.35. The maximum absolute atomic E-state index is 6.06. The van der Waals surface area contributed by atoms with Crippen molar-refractivity contribution in [3.05, 3.63) is 64.4 Å². The minimum atomic E-state index is 0.362. The summed E-state index contributed by atoms with van der Waals surface area (Å²) in [4.78, 5) is 7.22. The topological polar surface area (TPSA) is 43.2 Å². The highest BCUT2D eigenvalue weighted by molar-refractivity contribution is 6.30. The number of aromatic nitrogens is 3. The Morgan fingerprint density at radius 3 is 2.18 bits per heavy atom. The van der Waals surface area contributed by atoms with Gasteiger partial charge < -0.3 is 4.74 Å². The van der Waals surface area contributed by atoms with E-state index in [0.717, 1.165) is 55.4 Å². The number of hydrogen-bond acceptors (Lipinski definition) is 4. The summed E-state index contributed by atoms with van der Waals surface area (Å²) >= 11 is 12.1. The molecule has 7 heteroatoms. The third-order valence-corrected chi connectivity index (χ3v) is 5.56. The number of halogens is 2. The molecule has 1 saturated heterocycles. The minimum absolute atomic E-state index is 0.362. The number of benzene rings is 2. The van der Waals surface area contributed by atoms with Crippen LogP contribution in [0.5, 0.6) is 0 Å². The molecule has 1 aromatic heterocycles. The molecule has 28 heavy (non-hydrogen) atoms. The standard InChI is InChI=1S/C21H22Cl2N4O/c1-28-19-10-12-26(13-11-19)14-20-24-21(15-2-4-16(22)5-3-15)27(25-20)18-8-6-17(23)7-9-18/h2-9,19H,10-14H2,1H3. The summed E-state index contributed by atoms with van der Waals surface area (Å²) in [5, 5.41) is 6.19. The normalized spacial score (nSPS) is 15.8. The first kappa shape index (κ1) is 19.4. The predicted molar refractivity (Wildman–Crippen MR) is 112 cm³/mol. The Balaban J connectivity index is 1.64. The van der Waals surface area contributed by atoms with Crippen molar-refractivity contribution in [2.45, 2.75) is 25.5 Å². The van der Waals surface area contributed by atoms with Crippen molar-refractivity contribution in [3.8, 4) is 17.1 Å². The summed E-state index contributed by atoms with van der Waals surface area (Å²) in [6.45, 7) is 2.70. The number of hydrogen-bond donors (Lipinski definition) is 0. The number of likely N-dealkylation sites (tertiary alicyclic amines) is 1. The van der Waals surface area contributed by atoms with Gasteiger partial charge in [0.1, 0.15) is 0 Å². The van der Waals surface area contributed by atoms with Gasteiger partial charge in [-0.15, -0.1) is 5.10 Å². The van der Waals surface area contributed by atoms with E-state index in [1.807, 2.05) is 53.2 Å². The third kappa shape index (κ3) is 4.39. The van der Waals surface area contributed by atoms with Gasteiger partial charge in [-0.3, -0.25) is 4.90 Å². The van der Waals surface area contributed by atoms with Gasteiger partial charge in [-0.25, -0.2) is 9.67 Å². The molecule has 1 aliphatic heterocycles. The molecule has 1 fully saturated rings. The molecule has 0 saturated carbocycles. The zero-order valence-electron chi connectivity index (χ0n) is 15.7. The van der Waals surface area contributed by atoms with E-state index in [2.05, 4.69) is 4.90 Å². The molecule has 146 valence electrons. The lowest BCUT2D eigenvalue weighted by atomic mass is 10.1.